The summed E-state index contributed by atoms with van der Waals surface area (Å²) in [5.41, 5.74) is 0.793. The first-order valence-electron chi connectivity index (χ1n) is 5.67. The maximum Gasteiger partial charge on any atom is 0.163 e. The lowest BCUT2D eigenvalue weighted by Gasteiger charge is -2.24. The minimum atomic E-state index is -0.0445. The maximum absolute atomic E-state index is 5.42. The highest BCUT2D eigenvalue weighted by atomic mass is 16.5. The summed E-state index contributed by atoms with van der Waals surface area (Å²) in [6.07, 6.45) is 4.33. The van der Waals surface area contributed by atoms with Gasteiger partial charge in [-0.05, 0) is 13.3 Å². The van der Waals surface area contributed by atoms with Gasteiger partial charge in [0.2, 0.25) is 0 Å². The van der Waals surface area contributed by atoms with Gasteiger partial charge in [-0.1, -0.05) is 0 Å². The van der Waals surface area contributed by atoms with Gasteiger partial charge in [0.15, 0.2) is 5.65 Å². The van der Waals surface area contributed by atoms with Crippen molar-refractivity contribution in [1.82, 2.24) is 19.7 Å². The number of nitrogens with zero attached hydrogens (tertiary/aromatic N) is 4. The largest absolute Gasteiger partial charge is 0.379 e. The zero-order valence-corrected chi connectivity index (χ0v) is 9.97. The number of aryl methyl sites for hydroxylation is 1. The second kappa shape index (κ2) is 3.66. The SMILES string of the molecule is Cn1ncc2c(NC3(C)CCOC3)ncnc21. The molecular formula is C11H15N5O. The summed E-state index contributed by atoms with van der Waals surface area (Å²) >= 11 is 0. The molecule has 2 aromatic heterocycles. The number of aromatic nitrogens is 4. The van der Waals surface area contributed by atoms with Gasteiger partial charge in [-0.15, -0.1) is 0 Å². The molecule has 3 rings (SSSR count). The Morgan fingerprint density at radius 2 is 2.35 bits per heavy atom. The lowest BCUT2D eigenvalue weighted by molar-refractivity contribution is 0.185. The summed E-state index contributed by atoms with van der Waals surface area (Å²) in [6.45, 7) is 3.65. The van der Waals surface area contributed by atoms with Crippen LogP contribution in [-0.2, 0) is 11.8 Å². The summed E-state index contributed by atoms with van der Waals surface area (Å²) in [6, 6.07) is 0. The van der Waals surface area contributed by atoms with Crippen molar-refractivity contribution in [2.75, 3.05) is 18.5 Å². The van der Waals surface area contributed by atoms with E-state index in [2.05, 4.69) is 27.3 Å². The van der Waals surface area contributed by atoms with Crippen LogP contribution in [0.4, 0.5) is 5.82 Å². The van der Waals surface area contributed by atoms with E-state index in [-0.39, 0.29) is 5.54 Å². The van der Waals surface area contributed by atoms with Crippen molar-refractivity contribution in [3.05, 3.63) is 12.5 Å². The predicted molar refractivity (Wildman–Crippen MR) is 63.8 cm³/mol. The van der Waals surface area contributed by atoms with Crippen molar-refractivity contribution in [2.24, 2.45) is 7.05 Å². The van der Waals surface area contributed by atoms with Crippen LogP contribution < -0.4 is 5.32 Å². The zero-order chi connectivity index (χ0) is 11.9. The summed E-state index contributed by atoms with van der Waals surface area (Å²) in [4.78, 5) is 8.51. The summed E-state index contributed by atoms with van der Waals surface area (Å²) < 4.78 is 7.17. The normalized spacial score (nSPS) is 24.4. The highest BCUT2D eigenvalue weighted by Crippen LogP contribution is 2.26. The molecule has 6 nitrogen and oxygen atoms in total. The third-order valence-electron chi connectivity index (χ3n) is 3.17. The third kappa shape index (κ3) is 1.74. The van der Waals surface area contributed by atoms with E-state index >= 15 is 0 Å². The molecule has 0 radical (unpaired) electrons. The fraction of sp³-hybridized carbons (Fsp3) is 0.545. The Labute approximate surface area is 99.0 Å². The molecule has 1 fully saturated rings. The van der Waals surface area contributed by atoms with Crippen molar-refractivity contribution < 1.29 is 4.74 Å². The Morgan fingerprint density at radius 3 is 3.12 bits per heavy atom. The molecule has 1 aliphatic heterocycles. The van der Waals surface area contributed by atoms with Crippen LogP contribution >= 0.6 is 0 Å². The monoisotopic (exact) mass is 233 g/mol. The van der Waals surface area contributed by atoms with Gasteiger partial charge in [-0.3, -0.25) is 4.68 Å². The molecule has 90 valence electrons. The average molecular weight is 233 g/mol. The molecular weight excluding hydrogens is 218 g/mol. The smallest absolute Gasteiger partial charge is 0.163 e. The molecule has 6 heteroatoms. The first-order chi connectivity index (χ1) is 8.18. The topological polar surface area (TPSA) is 64.9 Å². The van der Waals surface area contributed by atoms with Gasteiger partial charge in [-0.25, -0.2) is 9.97 Å². The maximum atomic E-state index is 5.42. The van der Waals surface area contributed by atoms with Crippen molar-refractivity contribution in [2.45, 2.75) is 18.9 Å². The fourth-order valence-electron chi connectivity index (χ4n) is 2.11. The molecule has 0 aromatic carbocycles. The quantitative estimate of drug-likeness (QED) is 0.836. The number of anilines is 1. The van der Waals surface area contributed by atoms with E-state index in [1.54, 1.807) is 17.2 Å². The Bertz CT molecular complexity index is 544. The molecule has 1 unspecified atom stereocenters. The lowest BCUT2D eigenvalue weighted by atomic mass is 10.0. The van der Waals surface area contributed by atoms with Gasteiger partial charge in [0.1, 0.15) is 12.1 Å². The van der Waals surface area contributed by atoms with Gasteiger partial charge >= 0.3 is 0 Å². The van der Waals surface area contributed by atoms with Crippen LogP contribution in [0.25, 0.3) is 11.0 Å². The van der Waals surface area contributed by atoms with E-state index in [1.165, 1.54) is 0 Å². The van der Waals surface area contributed by atoms with E-state index in [9.17, 15) is 0 Å². The first kappa shape index (κ1) is 10.5. The molecule has 0 aliphatic carbocycles. The van der Waals surface area contributed by atoms with E-state index in [0.717, 1.165) is 29.9 Å². The number of hydrogen-bond acceptors (Lipinski definition) is 5. The van der Waals surface area contributed by atoms with Crippen LogP contribution in [0.5, 0.6) is 0 Å². The molecule has 1 aliphatic rings. The van der Waals surface area contributed by atoms with Gasteiger partial charge in [-0.2, -0.15) is 5.10 Å². The van der Waals surface area contributed by atoms with Crippen molar-refractivity contribution in [3.63, 3.8) is 0 Å². The van der Waals surface area contributed by atoms with Crippen molar-refractivity contribution in [1.29, 1.82) is 0 Å². The minimum Gasteiger partial charge on any atom is -0.379 e. The standard InChI is InChI=1S/C11H15N5O/c1-11(3-4-17-6-11)15-9-8-5-14-16(2)10(8)13-7-12-9/h5,7H,3-4,6H2,1-2H3,(H,12,13,15). The van der Waals surface area contributed by atoms with Crippen LogP contribution in [0.2, 0.25) is 0 Å². The van der Waals surface area contributed by atoms with E-state index < -0.39 is 0 Å². The van der Waals surface area contributed by atoms with Crippen LogP contribution in [0.1, 0.15) is 13.3 Å². The van der Waals surface area contributed by atoms with Gasteiger partial charge in [0.25, 0.3) is 0 Å². The highest BCUT2D eigenvalue weighted by Gasteiger charge is 2.30. The van der Waals surface area contributed by atoms with Gasteiger partial charge in [0, 0.05) is 13.7 Å². The highest BCUT2D eigenvalue weighted by molar-refractivity contribution is 5.86. The third-order valence-corrected chi connectivity index (χ3v) is 3.17. The molecule has 0 spiro atoms. The average Bonchev–Trinajstić information content (AvgIpc) is 2.88. The number of rotatable bonds is 2. The van der Waals surface area contributed by atoms with E-state index in [1.807, 2.05) is 7.05 Å². The Kier molecular flexibility index (Phi) is 2.25. The molecule has 0 bridgehead atoms. The summed E-state index contributed by atoms with van der Waals surface area (Å²) in [5, 5.41) is 8.59. The van der Waals surface area contributed by atoms with Crippen LogP contribution in [0, 0.1) is 0 Å². The second-order valence-electron chi connectivity index (χ2n) is 4.72. The van der Waals surface area contributed by atoms with Gasteiger partial charge in [0.05, 0.1) is 23.7 Å². The van der Waals surface area contributed by atoms with Crippen LogP contribution in [0.3, 0.4) is 0 Å². The summed E-state index contributed by atoms with van der Waals surface area (Å²) in [7, 11) is 1.87. The number of nitrogens with one attached hydrogen (secondary N) is 1. The molecule has 0 saturated carbocycles. The van der Waals surface area contributed by atoms with Crippen molar-refractivity contribution in [3.8, 4) is 0 Å². The molecule has 2 aromatic rings. The molecule has 3 heterocycles. The molecule has 17 heavy (non-hydrogen) atoms. The van der Waals surface area contributed by atoms with E-state index in [0.29, 0.717) is 6.61 Å². The first-order valence-corrected chi connectivity index (χ1v) is 5.67. The van der Waals surface area contributed by atoms with Gasteiger partial charge < -0.3 is 10.1 Å². The number of fused-ring (bicyclic) bond motifs is 1. The molecule has 1 saturated heterocycles. The lowest BCUT2D eigenvalue weighted by Crippen LogP contribution is -2.35. The Balaban J connectivity index is 2.00. The fourth-order valence-corrected chi connectivity index (χ4v) is 2.11. The summed E-state index contributed by atoms with van der Waals surface area (Å²) in [5.74, 6) is 0.830. The Hall–Kier alpha value is -1.69. The second-order valence-corrected chi connectivity index (χ2v) is 4.72. The Morgan fingerprint density at radius 1 is 1.47 bits per heavy atom. The zero-order valence-electron chi connectivity index (χ0n) is 9.97. The number of hydrogen-bond donors (Lipinski definition) is 1. The molecule has 1 N–H and O–H groups in total. The van der Waals surface area contributed by atoms with Crippen LogP contribution in [0.15, 0.2) is 12.5 Å². The van der Waals surface area contributed by atoms with Crippen molar-refractivity contribution >= 4 is 16.9 Å². The van der Waals surface area contributed by atoms with Crippen LogP contribution in [-0.4, -0.2) is 38.5 Å². The molecule has 0 amide bonds. The number of ether oxygens (including phenoxy) is 1. The van der Waals surface area contributed by atoms with E-state index in [4.69, 9.17) is 4.74 Å². The minimum absolute atomic E-state index is 0.0445. The molecule has 1 atom stereocenters. The predicted octanol–water partition coefficient (Wildman–Crippen LogP) is 0.954.